The van der Waals surface area contributed by atoms with Gasteiger partial charge in [0.25, 0.3) is 0 Å². The van der Waals surface area contributed by atoms with E-state index in [4.69, 9.17) is 12.2 Å². The van der Waals surface area contributed by atoms with Crippen molar-refractivity contribution in [2.75, 3.05) is 6.54 Å². The number of nitrogens with one attached hydrogen (secondary N) is 2. The molecule has 2 N–H and O–H groups in total. The molecule has 0 aliphatic carbocycles. The summed E-state index contributed by atoms with van der Waals surface area (Å²) in [4.78, 5) is 0. The number of thiocarbonyl (C=S) groups is 1. The van der Waals surface area contributed by atoms with Gasteiger partial charge in [-0.1, -0.05) is 30.3 Å². The first-order valence-corrected chi connectivity index (χ1v) is 5.38. The molecule has 0 saturated carbocycles. The van der Waals surface area contributed by atoms with Crippen LogP contribution in [-0.4, -0.2) is 17.9 Å². The van der Waals surface area contributed by atoms with Crippen LogP contribution < -0.4 is 10.7 Å². The Morgan fingerprint density at radius 2 is 2.25 bits per heavy atom. The van der Waals surface area contributed by atoms with Gasteiger partial charge in [0.05, 0.1) is 6.21 Å². The third kappa shape index (κ3) is 4.23. The summed E-state index contributed by atoms with van der Waals surface area (Å²) in [6.45, 7) is 6.25. The SMILES string of the molecule is C=CCNC(=S)N/N=C\c1ccccc1C. The van der Waals surface area contributed by atoms with Crippen LogP contribution in [0.15, 0.2) is 42.0 Å². The Labute approximate surface area is 101 Å². The van der Waals surface area contributed by atoms with Crippen LogP contribution in [0.1, 0.15) is 11.1 Å². The van der Waals surface area contributed by atoms with Crippen molar-refractivity contribution in [2.45, 2.75) is 6.92 Å². The molecule has 1 aromatic carbocycles. The number of aryl methyl sites for hydroxylation is 1. The van der Waals surface area contributed by atoms with E-state index in [1.54, 1.807) is 12.3 Å². The molecule has 0 spiro atoms. The van der Waals surface area contributed by atoms with Gasteiger partial charge < -0.3 is 5.32 Å². The van der Waals surface area contributed by atoms with E-state index in [1.807, 2.05) is 31.2 Å². The largest absolute Gasteiger partial charge is 0.358 e. The summed E-state index contributed by atoms with van der Waals surface area (Å²) < 4.78 is 0. The minimum atomic E-state index is 0.490. The van der Waals surface area contributed by atoms with E-state index in [9.17, 15) is 0 Å². The summed E-state index contributed by atoms with van der Waals surface area (Å²) in [5.41, 5.74) is 4.98. The highest BCUT2D eigenvalue weighted by Crippen LogP contribution is 2.02. The van der Waals surface area contributed by atoms with Crippen molar-refractivity contribution in [1.82, 2.24) is 10.7 Å². The minimum Gasteiger partial charge on any atom is -0.358 e. The van der Waals surface area contributed by atoms with E-state index >= 15 is 0 Å². The number of hydrazone groups is 1. The third-order valence-corrected chi connectivity index (χ3v) is 2.20. The fourth-order valence-corrected chi connectivity index (χ4v) is 1.23. The van der Waals surface area contributed by atoms with Gasteiger partial charge in [0.2, 0.25) is 0 Å². The van der Waals surface area contributed by atoms with Gasteiger partial charge in [-0.25, -0.2) is 0 Å². The van der Waals surface area contributed by atoms with Crippen molar-refractivity contribution < 1.29 is 0 Å². The molecule has 84 valence electrons. The molecule has 16 heavy (non-hydrogen) atoms. The average molecular weight is 233 g/mol. The number of hydrogen-bond donors (Lipinski definition) is 2. The highest BCUT2D eigenvalue weighted by Gasteiger charge is 1.92. The predicted octanol–water partition coefficient (Wildman–Crippen LogP) is 1.98. The Morgan fingerprint density at radius 3 is 2.94 bits per heavy atom. The molecule has 0 heterocycles. The van der Waals surface area contributed by atoms with Gasteiger partial charge in [0, 0.05) is 6.54 Å². The monoisotopic (exact) mass is 233 g/mol. The Balaban J connectivity index is 2.46. The molecule has 4 heteroatoms. The quantitative estimate of drug-likeness (QED) is 0.361. The Morgan fingerprint density at radius 1 is 1.50 bits per heavy atom. The van der Waals surface area contributed by atoms with Crippen molar-refractivity contribution in [3.05, 3.63) is 48.0 Å². The summed E-state index contributed by atoms with van der Waals surface area (Å²) >= 11 is 4.98. The van der Waals surface area contributed by atoms with Crippen LogP contribution in [0.4, 0.5) is 0 Å². The topological polar surface area (TPSA) is 36.4 Å². The number of nitrogens with zero attached hydrogens (tertiary/aromatic N) is 1. The van der Waals surface area contributed by atoms with Gasteiger partial charge in [-0.15, -0.1) is 6.58 Å². The van der Waals surface area contributed by atoms with E-state index in [1.165, 1.54) is 5.56 Å². The van der Waals surface area contributed by atoms with Crippen molar-refractivity contribution in [2.24, 2.45) is 5.10 Å². The van der Waals surface area contributed by atoms with Gasteiger partial charge in [-0.05, 0) is 30.3 Å². The van der Waals surface area contributed by atoms with Crippen molar-refractivity contribution in [3.8, 4) is 0 Å². The maximum absolute atomic E-state index is 4.98. The first-order valence-electron chi connectivity index (χ1n) is 4.97. The molecule has 0 atom stereocenters. The lowest BCUT2D eigenvalue weighted by Gasteiger charge is -2.03. The zero-order valence-corrected chi connectivity index (χ0v) is 10.1. The summed E-state index contributed by atoms with van der Waals surface area (Å²) in [6, 6.07) is 8.01. The van der Waals surface area contributed by atoms with Crippen LogP contribution in [0.25, 0.3) is 0 Å². The van der Waals surface area contributed by atoms with Crippen LogP contribution in [0.3, 0.4) is 0 Å². The summed E-state index contributed by atoms with van der Waals surface area (Å²) in [7, 11) is 0. The highest BCUT2D eigenvalue weighted by atomic mass is 32.1. The molecule has 0 unspecified atom stereocenters. The van der Waals surface area contributed by atoms with Gasteiger partial charge in [-0.3, -0.25) is 5.43 Å². The van der Waals surface area contributed by atoms with E-state index < -0.39 is 0 Å². The molecule has 0 bridgehead atoms. The van der Waals surface area contributed by atoms with E-state index in [-0.39, 0.29) is 0 Å². The van der Waals surface area contributed by atoms with Gasteiger partial charge >= 0.3 is 0 Å². The van der Waals surface area contributed by atoms with Crippen LogP contribution >= 0.6 is 12.2 Å². The Kier molecular flexibility index (Phi) is 5.22. The second-order valence-electron chi connectivity index (χ2n) is 3.23. The second kappa shape index (κ2) is 6.74. The fourth-order valence-electron chi connectivity index (χ4n) is 1.10. The molecule has 0 fully saturated rings. The predicted molar refractivity (Wildman–Crippen MR) is 72.7 cm³/mol. The van der Waals surface area contributed by atoms with E-state index in [0.717, 1.165) is 5.56 Å². The molecule has 0 radical (unpaired) electrons. The van der Waals surface area contributed by atoms with E-state index in [0.29, 0.717) is 11.7 Å². The second-order valence-corrected chi connectivity index (χ2v) is 3.63. The lowest BCUT2D eigenvalue weighted by Crippen LogP contribution is -2.31. The molecule has 0 amide bonds. The van der Waals surface area contributed by atoms with Crippen LogP contribution in [-0.2, 0) is 0 Å². The van der Waals surface area contributed by atoms with Crippen LogP contribution in [0.2, 0.25) is 0 Å². The molecule has 0 aromatic heterocycles. The maximum atomic E-state index is 4.98. The van der Waals surface area contributed by atoms with Gasteiger partial charge in [0.1, 0.15) is 0 Å². The van der Waals surface area contributed by atoms with Gasteiger partial charge in [-0.2, -0.15) is 5.10 Å². The molecule has 1 aromatic rings. The molecule has 0 aliphatic heterocycles. The smallest absolute Gasteiger partial charge is 0.187 e. The van der Waals surface area contributed by atoms with E-state index in [2.05, 4.69) is 22.4 Å². The zero-order valence-electron chi connectivity index (χ0n) is 9.23. The number of benzene rings is 1. The first kappa shape index (κ1) is 12.4. The van der Waals surface area contributed by atoms with Crippen molar-refractivity contribution in [1.29, 1.82) is 0 Å². The fraction of sp³-hybridized carbons (Fsp3) is 0.167. The third-order valence-electron chi connectivity index (χ3n) is 1.97. The first-order chi connectivity index (χ1) is 7.74. The molecule has 3 nitrogen and oxygen atoms in total. The lowest BCUT2D eigenvalue weighted by atomic mass is 10.1. The van der Waals surface area contributed by atoms with Crippen molar-refractivity contribution >= 4 is 23.5 Å². The highest BCUT2D eigenvalue weighted by molar-refractivity contribution is 7.80. The maximum Gasteiger partial charge on any atom is 0.187 e. The number of rotatable bonds is 4. The Hall–Kier alpha value is -1.68. The van der Waals surface area contributed by atoms with Gasteiger partial charge in [0.15, 0.2) is 5.11 Å². The summed E-state index contributed by atoms with van der Waals surface area (Å²) in [6.07, 6.45) is 3.48. The molecule has 0 aliphatic rings. The van der Waals surface area contributed by atoms with Crippen molar-refractivity contribution in [3.63, 3.8) is 0 Å². The lowest BCUT2D eigenvalue weighted by molar-refractivity contribution is 0.941. The minimum absolute atomic E-state index is 0.490. The standard InChI is InChI=1S/C12H15N3S/c1-3-8-13-12(16)15-14-9-11-7-5-4-6-10(11)2/h3-7,9H,1,8H2,2H3,(H2,13,15,16)/b14-9-. The normalized spacial score (nSPS) is 10.1. The molecular weight excluding hydrogens is 218 g/mol. The molecular formula is C12H15N3S. The summed E-state index contributed by atoms with van der Waals surface area (Å²) in [5, 5.41) is 7.45. The molecule has 0 saturated heterocycles. The van der Waals surface area contributed by atoms with Crippen LogP contribution in [0, 0.1) is 6.92 Å². The molecule has 1 rings (SSSR count). The Bertz CT molecular complexity index is 399. The number of hydrogen-bond acceptors (Lipinski definition) is 2. The van der Waals surface area contributed by atoms with Crippen LogP contribution in [0.5, 0.6) is 0 Å². The zero-order chi connectivity index (χ0) is 11.8. The summed E-state index contributed by atoms with van der Waals surface area (Å²) in [5.74, 6) is 0. The average Bonchev–Trinajstić information content (AvgIpc) is 2.29.